The Morgan fingerprint density at radius 1 is 1.40 bits per heavy atom. The number of benzene rings is 1. The van der Waals surface area contributed by atoms with E-state index in [1.165, 1.54) is 4.90 Å². The predicted molar refractivity (Wildman–Crippen MR) is 81.0 cm³/mol. The molecule has 0 aliphatic rings. The quantitative estimate of drug-likeness (QED) is 0.910. The molecule has 0 aliphatic heterocycles. The average Bonchev–Trinajstić information content (AvgIpc) is 2.86. The molecule has 2 amide bonds. The third kappa shape index (κ3) is 3.55. The summed E-state index contributed by atoms with van der Waals surface area (Å²) in [6, 6.07) is 7.31. The first kappa shape index (κ1) is 14.5. The van der Waals surface area contributed by atoms with Crippen molar-refractivity contribution >= 4 is 23.1 Å². The predicted octanol–water partition coefficient (Wildman–Crippen LogP) is 2.57. The molecule has 0 saturated heterocycles. The zero-order valence-electron chi connectivity index (χ0n) is 11.5. The number of hydrogen-bond donors (Lipinski definition) is 2. The van der Waals surface area contributed by atoms with Crippen molar-refractivity contribution in [3.8, 4) is 10.6 Å². The second-order valence-corrected chi connectivity index (χ2v) is 5.30. The van der Waals surface area contributed by atoms with E-state index in [9.17, 15) is 4.79 Å². The summed E-state index contributed by atoms with van der Waals surface area (Å²) in [6.07, 6.45) is 0. The molecular weight excluding hydrogens is 274 g/mol. The molecule has 6 heteroatoms. The van der Waals surface area contributed by atoms with Crippen molar-refractivity contribution in [2.75, 3.05) is 25.5 Å². The number of anilines is 1. The van der Waals surface area contributed by atoms with Gasteiger partial charge in [0.2, 0.25) is 0 Å². The van der Waals surface area contributed by atoms with Crippen LogP contribution in [0.15, 0.2) is 29.6 Å². The highest BCUT2D eigenvalue weighted by Crippen LogP contribution is 2.24. The van der Waals surface area contributed by atoms with E-state index in [1.807, 2.05) is 36.6 Å². The maximum atomic E-state index is 11.8. The number of nitrogens with one attached hydrogen (secondary N) is 1. The second kappa shape index (κ2) is 6.49. The van der Waals surface area contributed by atoms with Gasteiger partial charge in [-0.3, -0.25) is 0 Å². The topological polar surface area (TPSA) is 65.5 Å². The van der Waals surface area contributed by atoms with Gasteiger partial charge in [0.1, 0.15) is 5.01 Å². The van der Waals surface area contributed by atoms with Gasteiger partial charge < -0.3 is 15.3 Å². The molecule has 5 nitrogen and oxygen atoms in total. The van der Waals surface area contributed by atoms with Gasteiger partial charge in [0.15, 0.2) is 0 Å². The second-order valence-electron chi connectivity index (χ2n) is 4.45. The van der Waals surface area contributed by atoms with Crippen LogP contribution in [0.2, 0.25) is 0 Å². The number of nitrogens with zero attached hydrogens (tertiary/aromatic N) is 2. The van der Waals surface area contributed by atoms with Crippen LogP contribution in [0.3, 0.4) is 0 Å². The molecule has 0 aliphatic carbocycles. The monoisotopic (exact) mass is 291 g/mol. The van der Waals surface area contributed by atoms with Crippen molar-refractivity contribution in [3.63, 3.8) is 0 Å². The SMILES string of the molecule is Cc1csc(-c2ccc(NC(=O)N(C)CCO)cc2)n1. The summed E-state index contributed by atoms with van der Waals surface area (Å²) in [5.74, 6) is 0. The zero-order chi connectivity index (χ0) is 14.5. The molecule has 0 fully saturated rings. The minimum absolute atomic E-state index is 0.0493. The Morgan fingerprint density at radius 3 is 2.65 bits per heavy atom. The molecule has 0 radical (unpaired) electrons. The van der Waals surface area contributed by atoms with Gasteiger partial charge >= 0.3 is 6.03 Å². The number of hydrogen-bond acceptors (Lipinski definition) is 4. The van der Waals surface area contributed by atoms with Crippen LogP contribution >= 0.6 is 11.3 Å². The molecule has 2 N–H and O–H groups in total. The van der Waals surface area contributed by atoms with Crippen LogP contribution in [0.5, 0.6) is 0 Å². The number of aliphatic hydroxyl groups excluding tert-OH is 1. The standard InChI is InChI=1S/C14H17N3O2S/c1-10-9-20-13(15-10)11-3-5-12(6-4-11)16-14(19)17(2)7-8-18/h3-6,9,18H,7-8H2,1-2H3,(H,16,19). The summed E-state index contributed by atoms with van der Waals surface area (Å²) in [6.45, 7) is 2.22. The van der Waals surface area contributed by atoms with Crippen molar-refractivity contribution < 1.29 is 9.90 Å². The molecule has 1 heterocycles. The molecule has 2 rings (SSSR count). The van der Waals surface area contributed by atoms with Crippen molar-refractivity contribution in [1.29, 1.82) is 0 Å². The average molecular weight is 291 g/mol. The first-order valence-electron chi connectivity index (χ1n) is 6.25. The van der Waals surface area contributed by atoms with Crippen molar-refractivity contribution in [2.24, 2.45) is 0 Å². The fourth-order valence-electron chi connectivity index (χ4n) is 1.65. The van der Waals surface area contributed by atoms with Crippen LogP contribution in [-0.4, -0.2) is 41.2 Å². The fourth-order valence-corrected chi connectivity index (χ4v) is 2.46. The molecule has 1 aromatic heterocycles. The number of aryl methyl sites for hydroxylation is 1. The number of likely N-dealkylation sites (N-methyl/N-ethyl adjacent to an activating group) is 1. The van der Waals surface area contributed by atoms with Crippen LogP contribution < -0.4 is 5.32 Å². The maximum absolute atomic E-state index is 11.8. The molecule has 0 atom stereocenters. The molecule has 20 heavy (non-hydrogen) atoms. The molecule has 0 spiro atoms. The lowest BCUT2D eigenvalue weighted by Crippen LogP contribution is -2.33. The molecule has 106 valence electrons. The smallest absolute Gasteiger partial charge is 0.321 e. The Kier molecular flexibility index (Phi) is 4.70. The normalized spacial score (nSPS) is 10.3. The number of aliphatic hydroxyl groups is 1. The summed E-state index contributed by atoms with van der Waals surface area (Å²) in [4.78, 5) is 17.6. The number of thiazole rings is 1. The van der Waals surface area contributed by atoms with Crippen molar-refractivity contribution in [3.05, 3.63) is 35.3 Å². The summed E-state index contributed by atoms with van der Waals surface area (Å²) in [5.41, 5.74) is 2.76. The van der Waals surface area contributed by atoms with Gasteiger partial charge in [-0.15, -0.1) is 11.3 Å². The highest BCUT2D eigenvalue weighted by Gasteiger charge is 2.08. The Morgan fingerprint density at radius 2 is 2.10 bits per heavy atom. The van der Waals surface area contributed by atoms with E-state index in [0.29, 0.717) is 6.54 Å². The van der Waals surface area contributed by atoms with E-state index >= 15 is 0 Å². The van der Waals surface area contributed by atoms with E-state index in [0.717, 1.165) is 22.0 Å². The third-order valence-corrected chi connectivity index (χ3v) is 3.79. The molecule has 0 unspecified atom stereocenters. The van der Waals surface area contributed by atoms with Crippen molar-refractivity contribution in [1.82, 2.24) is 9.88 Å². The largest absolute Gasteiger partial charge is 0.395 e. The van der Waals surface area contributed by atoms with E-state index in [2.05, 4.69) is 10.3 Å². The number of carbonyl (C=O) groups excluding carboxylic acids is 1. The number of aromatic nitrogens is 1. The Balaban J connectivity index is 2.03. The zero-order valence-corrected chi connectivity index (χ0v) is 12.3. The maximum Gasteiger partial charge on any atom is 0.321 e. The third-order valence-electron chi connectivity index (χ3n) is 2.78. The van der Waals surface area contributed by atoms with Crippen LogP contribution in [0.4, 0.5) is 10.5 Å². The highest BCUT2D eigenvalue weighted by atomic mass is 32.1. The van der Waals surface area contributed by atoms with Gasteiger partial charge in [-0.1, -0.05) is 0 Å². The Labute approximate surface area is 121 Å². The summed E-state index contributed by atoms with van der Waals surface area (Å²) < 4.78 is 0. The highest BCUT2D eigenvalue weighted by molar-refractivity contribution is 7.13. The summed E-state index contributed by atoms with van der Waals surface area (Å²) in [5, 5.41) is 14.5. The minimum atomic E-state index is -0.239. The molecule has 1 aromatic carbocycles. The minimum Gasteiger partial charge on any atom is -0.395 e. The summed E-state index contributed by atoms with van der Waals surface area (Å²) in [7, 11) is 1.64. The van der Waals surface area contributed by atoms with E-state index in [1.54, 1.807) is 18.4 Å². The Bertz CT molecular complexity index is 580. The lowest BCUT2D eigenvalue weighted by molar-refractivity contribution is 0.202. The van der Waals surface area contributed by atoms with Gasteiger partial charge in [0.25, 0.3) is 0 Å². The van der Waals surface area contributed by atoms with E-state index < -0.39 is 0 Å². The number of amides is 2. The lowest BCUT2D eigenvalue weighted by atomic mass is 10.2. The number of carbonyl (C=O) groups is 1. The van der Waals surface area contributed by atoms with E-state index in [4.69, 9.17) is 5.11 Å². The van der Waals surface area contributed by atoms with Gasteiger partial charge in [-0.25, -0.2) is 9.78 Å². The molecule has 2 aromatic rings. The van der Waals surface area contributed by atoms with Crippen LogP contribution in [0.25, 0.3) is 10.6 Å². The van der Waals surface area contributed by atoms with Gasteiger partial charge in [0, 0.05) is 35.9 Å². The molecular formula is C14H17N3O2S. The van der Waals surface area contributed by atoms with Crippen LogP contribution in [-0.2, 0) is 0 Å². The first-order valence-corrected chi connectivity index (χ1v) is 7.13. The number of urea groups is 1. The molecule has 0 saturated carbocycles. The van der Waals surface area contributed by atoms with Crippen LogP contribution in [0, 0.1) is 6.92 Å². The van der Waals surface area contributed by atoms with Gasteiger partial charge in [-0.05, 0) is 31.2 Å². The first-order chi connectivity index (χ1) is 9.60. The van der Waals surface area contributed by atoms with Gasteiger partial charge in [-0.2, -0.15) is 0 Å². The van der Waals surface area contributed by atoms with Gasteiger partial charge in [0.05, 0.1) is 6.61 Å². The van der Waals surface area contributed by atoms with E-state index in [-0.39, 0.29) is 12.6 Å². The lowest BCUT2D eigenvalue weighted by Gasteiger charge is -2.16. The summed E-state index contributed by atoms with van der Waals surface area (Å²) >= 11 is 1.60. The molecule has 0 bridgehead atoms. The number of rotatable bonds is 4. The fraction of sp³-hybridized carbons (Fsp3) is 0.286. The van der Waals surface area contributed by atoms with Crippen molar-refractivity contribution in [2.45, 2.75) is 6.92 Å². The van der Waals surface area contributed by atoms with Crippen LogP contribution in [0.1, 0.15) is 5.69 Å². The Hall–Kier alpha value is -1.92.